The summed E-state index contributed by atoms with van der Waals surface area (Å²) in [5.74, 6) is -0.00110. The van der Waals surface area contributed by atoms with E-state index in [0.29, 0.717) is 19.7 Å². The Morgan fingerprint density at radius 2 is 2.38 bits per heavy atom. The molecule has 1 atom stereocenters. The monoisotopic (exact) mass is 347 g/mol. The molecule has 0 aliphatic carbocycles. The van der Waals surface area contributed by atoms with Crippen molar-refractivity contribution >= 4 is 17.2 Å². The Morgan fingerprint density at radius 1 is 1.46 bits per heavy atom. The molecule has 2 aliphatic rings. The lowest BCUT2D eigenvalue weighted by Gasteiger charge is -2.36. The molecule has 24 heavy (non-hydrogen) atoms. The van der Waals surface area contributed by atoms with Gasteiger partial charge in [0, 0.05) is 37.8 Å². The Hall–Kier alpha value is -1.77. The van der Waals surface area contributed by atoms with Crippen LogP contribution in [0.4, 0.5) is 0 Å². The van der Waals surface area contributed by atoms with Gasteiger partial charge in [0.15, 0.2) is 0 Å². The molecule has 0 radical (unpaired) electrons. The molecule has 2 aromatic heterocycles. The van der Waals surface area contributed by atoms with Crippen molar-refractivity contribution in [2.45, 2.75) is 38.9 Å². The summed E-state index contributed by atoms with van der Waals surface area (Å²) in [5.41, 5.74) is 2.12. The number of rotatable bonds is 3. The third-order valence-electron chi connectivity index (χ3n) is 4.45. The predicted molar refractivity (Wildman–Crippen MR) is 89.1 cm³/mol. The molecule has 7 nitrogen and oxygen atoms in total. The molecule has 1 amide bonds. The number of hydrogen-bond donors (Lipinski definition) is 0. The maximum atomic E-state index is 12.9. The topological polar surface area (TPSA) is 63.5 Å². The molecule has 4 rings (SSSR count). The fraction of sp³-hybridized carbons (Fsp3) is 0.562. The molecule has 2 aromatic rings. The molecular weight excluding hydrogens is 326 g/mol. The molecule has 0 aromatic carbocycles. The first-order valence-corrected chi connectivity index (χ1v) is 9.19. The summed E-state index contributed by atoms with van der Waals surface area (Å²) in [6.07, 6.45) is 3.77. The average Bonchev–Trinajstić information content (AvgIpc) is 3.23. The molecule has 2 aliphatic heterocycles. The minimum absolute atomic E-state index is 0.00110. The Kier molecular flexibility index (Phi) is 4.34. The number of hydroxylamine groups is 2. The zero-order valence-electron chi connectivity index (χ0n) is 13.7. The van der Waals surface area contributed by atoms with Crippen LogP contribution in [0.25, 0.3) is 0 Å². The summed E-state index contributed by atoms with van der Waals surface area (Å²) < 4.78 is 1.85. The van der Waals surface area contributed by atoms with Gasteiger partial charge in [0.2, 0.25) is 0 Å². The van der Waals surface area contributed by atoms with Crippen LogP contribution in [0.5, 0.6) is 0 Å². The van der Waals surface area contributed by atoms with Crippen molar-refractivity contribution in [2.24, 2.45) is 0 Å². The molecule has 1 fully saturated rings. The molecule has 1 saturated heterocycles. The van der Waals surface area contributed by atoms with Gasteiger partial charge in [-0.05, 0) is 25.8 Å². The Balaban J connectivity index is 1.53. The standard InChI is InChI=1S/C16H21N5O2S/c1-12-18-13(11-24-12)8-19-9-14-4-5-17-21(14)15(10-19)16(22)20-6-2-3-7-23-20/h4-5,11,15H,2-3,6-10H2,1H3. The lowest BCUT2D eigenvalue weighted by atomic mass is 10.1. The van der Waals surface area contributed by atoms with Crippen molar-refractivity contribution in [3.63, 3.8) is 0 Å². The van der Waals surface area contributed by atoms with Crippen LogP contribution < -0.4 is 0 Å². The molecular formula is C16H21N5O2S. The number of aryl methyl sites for hydroxylation is 1. The minimum Gasteiger partial charge on any atom is -0.289 e. The van der Waals surface area contributed by atoms with Gasteiger partial charge in [-0.2, -0.15) is 5.10 Å². The largest absolute Gasteiger partial charge is 0.289 e. The third-order valence-corrected chi connectivity index (χ3v) is 5.27. The number of aromatic nitrogens is 3. The van der Waals surface area contributed by atoms with Crippen molar-refractivity contribution < 1.29 is 9.63 Å². The second-order valence-corrected chi connectivity index (χ2v) is 7.35. The molecule has 128 valence electrons. The average molecular weight is 347 g/mol. The predicted octanol–water partition coefficient (Wildman–Crippen LogP) is 1.76. The molecule has 0 N–H and O–H groups in total. The number of thiazole rings is 1. The van der Waals surface area contributed by atoms with Crippen molar-refractivity contribution in [1.29, 1.82) is 0 Å². The maximum absolute atomic E-state index is 12.9. The summed E-state index contributed by atoms with van der Waals surface area (Å²) in [6, 6.07) is 1.65. The molecule has 0 spiro atoms. The normalized spacial score (nSPS) is 21.7. The number of amides is 1. The fourth-order valence-corrected chi connectivity index (χ4v) is 3.92. The first kappa shape index (κ1) is 15.7. The third kappa shape index (κ3) is 3.09. The smallest absolute Gasteiger partial charge is 0.272 e. The molecule has 8 heteroatoms. The van der Waals surface area contributed by atoms with E-state index in [1.807, 2.05) is 17.7 Å². The number of carbonyl (C=O) groups excluding carboxylic acids is 1. The van der Waals surface area contributed by atoms with Crippen LogP contribution in [0.2, 0.25) is 0 Å². The van der Waals surface area contributed by atoms with E-state index in [1.54, 1.807) is 17.5 Å². The minimum atomic E-state index is -0.332. The number of hydrogen-bond acceptors (Lipinski definition) is 6. The highest BCUT2D eigenvalue weighted by Gasteiger charge is 2.35. The second kappa shape index (κ2) is 6.62. The van der Waals surface area contributed by atoms with Crippen LogP contribution in [-0.4, -0.2) is 50.3 Å². The van der Waals surface area contributed by atoms with Gasteiger partial charge in [-0.15, -0.1) is 11.3 Å². The summed E-state index contributed by atoms with van der Waals surface area (Å²) >= 11 is 1.66. The summed E-state index contributed by atoms with van der Waals surface area (Å²) in [5, 5.41) is 9.06. The quantitative estimate of drug-likeness (QED) is 0.847. The first-order chi connectivity index (χ1) is 11.7. The summed E-state index contributed by atoms with van der Waals surface area (Å²) in [7, 11) is 0. The summed E-state index contributed by atoms with van der Waals surface area (Å²) in [6.45, 7) is 5.45. The highest BCUT2D eigenvalue weighted by Crippen LogP contribution is 2.25. The SMILES string of the molecule is Cc1nc(CN2Cc3ccnn3C(C(=O)N3CCCCO3)C2)cs1. The van der Waals surface area contributed by atoms with E-state index in [-0.39, 0.29) is 11.9 Å². The van der Waals surface area contributed by atoms with E-state index in [1.165, 1.54) is 5.06 Å². The highest BCUT2D eigenvalue weighted by molar-refractivity contribution is 7.09. The van der Waals surface area contributed by atoms with Gasteiger partial charge in [-0.25, -0.2) is 10.0 Å². The van der Waals surface area contributed by atoms with Gasteiger partial charge < -0.3 is 0 Å². The lowest BCUT2D eigenvalue weighted by Crippen LogP contribution is -2.47. The Bertz CT molecular complexity index is 722. The molecule has 0 bridgehead atoms. The van der Waals surface area contributed by atoms with Crippen LogP contribution in [-0.2, 0) is 22.7 Å². The molecule has 1 unspecified atom stereocenters. The fourth-order valence-electron chi connectivity index (χ4n) is 3.31. The first-order valence-electron chi connectivity index (χ1n) is 8.31. The van der Waals surface area contributed by atoms with E-state index < -0.39 is 0 Å². The van der Waals surface area contributed by atoms with E-state index in [2.05, 4.69) is 20.4 Å². The molecule has 4 heterocycles. The van der Waals surface area contributed by atoms with E-state index >= 15 is 0 Å². The molecule has 0 saturated carbocycles. The van der Waals surface area contributed by atoms with E-state index in [4.69, 9.17) is 4.84 Å². The number of nitrogens with zero attached hydrogens (tertiary/aromatic N) is 5. The van der Waals surface area contributed by atoms with Gasteiger partial charge in [0.25, 0.3) is 5.91 Å². The van der Waals surface area contributed by atoms with E-state index in [9.17, 15) is 4.79 Å². The Labute approximate surface area is 144 Å². The van der Waals surface area contributed by atoms with Crippen LogP contribution >= 0.6 is 11.3 Å². The van der Waals surface area contributed by atoms with Crippen LogP contribution in [0, 0.1) is 6.92 Å². The number of fused-ring (bicyclic) bond motifs is 1. The summed E-state index contributed by atoms with van der Waals surface area (Å²) in [4.78, 5) is 25.3. The maximum Gasteiger partial charge on any atom is 0.272 e. The highest BCUT2D eigenvalue weighted by atomic mass is 32.1. The van der Waals surface area contributed by atoms with Crippen molar-refractivity contribution in [1.82, 2.24) is 24.7 Å². The van der Waals surface area contributed by atoms with Crippen molar-refractivity contribution in [3.05, 3.63) is 34.0 Å². The van der Waals surface area contributed by atoms with Gasteiger partial charge >= 0.3 is 0 Å². The van der Waals surface area contributed by atoms with Gasteiger partial charge in [-0.1, -0.05) is 0 Å². The zero-order chi connectivity index (χ0) is 16.5. The van der Waals surface area contributed by atoms with Crippen LogP contribution in [0.1, 0.15) is 35.3 Å². The van der Waals surface area contributed by atoms with Crippen LogP contribution in [0.3, 0.4) is 0 Å². The van der Waals surface area contributed by atoms with Gasteiger partial charge in [-0.3, -0.25) is 19.2 Å². The van der Waals surface area contributed by atoms with E-state index in [0.717, 1.165) is 42.3 Å². The van der Waals surface area contributed by atoms with Gasteiger partial charge in [0.1, 0.15) is 6.04 Å². The lowest BCUT2D eigenvalue weighted by molar-refractivity contribution is -0.201. The van der Waals surface area contributed by atoms with Gasteiger partial charge in [0.05, 0.1) is 23.0 Å². The zero-order valence-corrected chi connectivity index (χ0v) is 14.5. The van der Waals surface area contributed by atoms with Crippen molar-refractivity contribution in [3.8, 4) is 0 Å². The van der Waals surface area contributed by atoms with Crippen LogP contribution in [0.15, 0.2) is 17.6 Å². The second-order valence-electron chi connectivity index (χ2n) is 6.29. The Morgan fingerprint density at radius 3 is 3.12 bits per heavy atom. The number of carbonyl (C=O) groups is 1. The van der Waals surface area contributed by atoms with Crippen molar-refractivity contribution in [2.75, 3.05) is 19.7 Å².